The Hall–Kier alpha value is -6.32. The highest BCUT2D eigenvalue weighted by Gasteiger charge is 2.17. The quantitative estimate of drug-likeness (QED) is 0.197. The molecule has 0 spiro atoms. The van der Waals surface area contributed by atoms with Gasteiger partial charge >= 0.3 is 0 Å². The summed E-state index contributed by atoms with van der Waals surface area (Å²) in [5.41, 5.74) is 15.1. The monoisotopic (exact) mass is 599 g/mol. The number of rotatable bonds is 5. The molecule has 0 bridgehead atoms. The Bertz CT molecular complexity index is 2550. The number of para-hydroxylation sites is 3. The molecule has 3 nitrogen and oxygen atoms in total. The maximum absolute atomic E-state index is 5.17. The van der Waals surface area contributed by atoms with Gasteiger partial charge in [-0.1, -0.05) is 115 Å². The smallest absolute Gasteiger partial charge is 0.165 e. The SMILES string of the molecule is c1ccc(-c2cccc(-c3cc(-c4ccccc4)cc(-c4ccc5c(c4)c4nc6ccccc6nc4n5-c4ccccc4)c3)c2)cc1. The number of hydrogen-bond acceptors (Lipinski definition) is 2. The molecule has 0 radical (unpaired) electrons. The fraction of sp³-hybridized carbons (Fsp3) is 0. The van der Waals surface area contributed by atoms with E-state index in [9.17, 15) is 0 Å². The van der Waals surface area contributed by atoms with Crippen LogP contribution in [-0.4, -0.2) is 14.5 Å². The molecule has 0 fully saturated rings. The van der Waals surface area contributed by atoms with Gasteiger partial charge in [-0.2, -0.15) is 0 Å². The van der Waals surface area contributed by atoms with Crippen LogP contribution < -0.4 is 0 Å². The number of hydrogen-bond donors (Lipinski definition) is 0. The van der Waals surface area contributed by atoms with Crippen LogP contribution in [0.4, 0.5) is 0 Å². The third-order valence-electron chi connectivity index (χ3n) is 8.95. The van der Waals surface area contributed by atoms with Crippen LogP contribution in [0.1, 0.15) is 0 Å². The molecule has 0 N–H and O–H groups in total. The third-order valence-corrected chi connectivity index (χ3v) is 8.95. The van der Waals surface area contributed by atoms with E-state index in [1.54, 1.807) is 0 Å². The summed E-state index contributed by atoms with van der Waals surface area (Å²) in [5.74, 6) is 0. The molecule has 2 aromatic heterocycles. The molecule has 0 atom stereocenters. The third kappa shape index (κ3) is 4.86. The number of fused-ring (bicyclic) bond motifs is 4. The first kappa shape index (κ1) is 27.0. The normalized spacial score (nSPS) is 11.4. The lowest BCUT2D eigenvalue weighted by molar-refractivity contribution is 1.14. The predicted octanol–water partition coefficient (Wildman–Crippen LogP) is 11.4. The summed E-state index contributed by atoms with van der Waals surface area (Å²) in [6.45, 7) is 0. The molecule has 9 aromatic rings. The summed E-state index contributed by atoms with van der Waals surface area (Å²) in [6.07, 6.45) is 0. The lowest BCUT2D eigenvalue weighted by atomic mass is 9.92. The Morgan fingerprint density at radius 2 is 0.809 bits per heavy atom. The van der Waals surface area contributed by atoms with Crippen molar-refractivity contribution < 1.29 is 0 Å². The maximum Gasteiger partial charge on any atom is 0.165 e. The second-order valence-corrected chi connectivity index (χ2v) is 11.9. The summed E-state index contributed by atoms with van der Waals surface area (Å²) >= 11 is 0. The van der Waals surface area contributed by atoms with Crippen LogP contribution in [0.3, 0.4) is 0 Å². The standard InChI is InChI=1S/C44H29N3/c1-4-13-30(14-5-1)32-17-12-18-33(25-32)36-26-35(31-15-6-2-7-16-31)27-37(28-36)34-23-24-42-39(29-34)43-44(47(42)38-19-8-3-9-20-38)46-41-22-11-10-21-40(41)45-43/h1-29H. The van der Waals surface area contributed by atoms with Gasteiger partial charge in [0.05, 0.1) is 16.6 Å². The second-order valence-electron chi connectivity index (χ2n) is 11.9. The van der Waals surface area contributed by atoms with Gasteiger partial charge in [-0.25, -0.2) is 9.97 Å². The summed E-state index contributed by atoms with van der Waals surface area (Å²) in [4.78, 5) is 10.3. The minimum absolute atomic E-state index is 0.860. The molecular formula is C44H29N3. The van der Waals surface area contributed by atoms with Crippen molar-refractivity contribution >= 4 is 33.1 Å². The van der Waals surface area contributed by atoms with Crippen molar-refractivity contribution in [3.63, 3.8) is 0 Å². The molecule has 7 aromatic carbocycles. The van der Waals surface area contributed by atoms with Gasteiger partial charge in [0.15, 0.2) is 5.65 Å². The van der Waals surface area contributed by atoms with E-state index in [1.165, 1.54) is 33.4 Å². The Kier molecular flexibility index (Phi) is 6.46. The maximum atomic E-state index is 5.17. The van der Waals surface area contributed by atoms with Crippen LogP contribution in [0.5, 0.6) is 0 Å². The Labute approximate surface area is 273 Å². The molecule has 3 heteroatoms. The van der Waals surface area contributed by atoms with E-state index < -0.39 is 0 Å². The summed E-state index contributed by atoms with van der Waals surface area (Å²) in [7, 11) is 0. The number of nitrogens with zero attached hydrogens (tertiary/aromatic N) is 3. The van der Waals surface area contributed by atoms with Crippen molar-refractivity contribution in [2.24, 2.45) is 0 Å². The van der Waals surface area contributed by atoms with Crippen molar-refractivity contribution in [1.82, 2.24) is 14.5 Å². The highest BCUT2D eigenvalue weighted by atomic mass is 15.1. The Balaban J connectivity index is 1.27. The van der Waals surface area contributed by atoms with E-state index in [4.69, 9.17) is 9.97 Å². The van der Waals surface area contributed by atoms with Gasteiger partial charge in [0.2, 0.25) is 0 Å². The molecule has 2 heterocycles. The zero-order valence-electron chi connectivity index (χ0n) is 25.6. The summed E-state index contributed by atoms with van der Waals surface area (Å²) < 4.78 is 2.23. The van der Waals surface area contributed by atoms with Gasteiger partial charge in [0.1, 0.15) is 5.52 Å². The first-order chi connectivity index (χ1) is 23.3. The van der Waals surface area contributed by atoms with E-state index in [1.807, 2.05) is 30.3 Å². The fourth-order valence-corrected chi connectivity index (χ4v) is 6.65. The molecule has 0 saturated carbocycles. The van der Waals surface area contributed by atoms with Crippen molar-refractivity contribution in [2.75, 3.05) is 0 Å². The minimum Gasteiger partial charge on any atom is -0.293 e. The fourth-order valence-electron chi connectivity index (χ4n) is 6.65. The zero-order valence-corrected chi connectivity index (χ0v) is 25.6. The molecule has 0 amide bonds. The van der Waals surface area contributed by atoms with Crippen LogP contribution in [0.15, 0.2) is 176 Å². The highest BCUT2D eigenvalue weighted by molar-refractivity contribution is 6.09. The number of benzene rings is 7. The zero-order chi connectivity index (χ0) is 31.2. The van der Waals surface area contributed by atoms with Gasteiger partial charge < -0.3 is 0 Å². The molecule has 0 unspecified atom stereocenters. The van der Waals surface area contributed by atoms with Crippen LogP contribution in [-0.2, 0) is 0 Å². The largest absolute Gasteiger partial charge is 0.293 e. The van der Waals surface area contributed by atoms with E-state index in [-0.39, 0.29) is 0 Å². The Morgan fingerprint density at radius 3 is 1.47 bits per heavy atom. The molecule has 0 aliphatic carbocycles. The number of aromatic nitrogens is 3. The molecule has 0 aliphatic rings. The van der Waals surface area contributed by atoms with Gasteiger partial charge in [-0.3, -0.25) is 4.57 Å². The van der Waals surface area contributed by atoms with Gasteiger partial charge in [0, 0.05) is 11.1 Å². The summed E-state index contributed by atoms with van der Waals surface area (Å²) in [6, 6.07) is 62.2. The average Bonchev–Trinajstić information content (AvgIpc) is 3.47. The van der Waals surface area contributed by atoms with Crippen molar-refractivity contribution in [3.05, 3.63) is 176 Å². The topological polar surface area (TPSA) is 30.7 Å². The average molecular weight is 600 g/mol. The first-order valence-corrected chi connectivity index (χ1v) is 15.9. The Morgan fingerprint density at radius 1 is 0.340 bits per heavy atom. The highest BCUT2D eigenvalue weighted by Crippen LogP contribution is 2.38. The molecule has 9 rings (SSSR count). The van der Waals surface area contributed by atoms with Gasteiger partial charge in [-0.05, 0) is 105 Å². The van der Waals surface area contributed by atoms with Crippen LogP contribution in [0.25, 0.3) is 83.3 Å². The molecule has 47 heavy (non-hydrogen) atoms. The van der Waals surface area contributed by atoms with Crippen LogP contribution >= 0.6 is 0 Å². The molecule has 0 aliphatic heterocycles. The molecular weight excluding hydrogens is 571 g/mol. The van der Waals surface area contributed by atoms with E-state index in [0.717, 1.165) is 49.9 Å². The van der Waals surface area contributed by atoms with E-state index in [0.29, 0.717) is 0 Å². The second kappa shape index (κ2) is 11.2. The lowest BCUT2D eigenvalue weighted by Crippen LogP contribution is -1.96. The van der Waals surface area contributed by atoms with Crippen molar-refractivity contribution in [2.45, 2.75) is 0 Å². The predicted molar refractivity (Wildman–Crippen MR) is 196 cm³/mol. The van der Waals surface area contributed by atoms with Crippen LogP contribution in [0.2, 0.25) is 0 Å². The molecule has 220 valence electrons. The minimum atomic E-state index is 0.860. The van der Waals surface area contributed by atoms with Gasteiger partial charge in [0.25, 0.3) is 0 Å². The summed E-state index contributed by atoms with van der Waals surface area (Å²) in [5, 5.41) is 1.08. The van der Waals surface area contributed by atoms with E-state index >= 15 is 0 Å². The molecule has 0 saturated heterocycles. The lowest BCUT2D eigenvalue weighted by Gasteiger charge is -2.13. The van der Waals surface area contributed by atoms with E-state index in [2.05, 4.69) is 150 Å². The van der Waals surface area contributed by atoms with Crippen LogP contribution in [0, 0.1) is 0 Å². The van der Waals surface area contributed by atoms with Crippen molar-refractivity contribution in [3.8, 4) is 50.2 Å². The van der Waals surface area contributed by atoms with Crippen molar-refractivity contribution in [1.29, 1.82) is 0 Å². The first-order valence-electron chi connectivity index (χ1n) is 15.9. The van der Waals surface area contributed by atoms with Gasteiger partial charge in [-0.15, -0.1) is 0 Å².